The van der Waals surface area contributed by atoms with Crippen molar-refractivity contribution in [1.29, 1.82) is 0 Å². The van der Waals surface area contributed by atoms with E-state index < -0.39 is 19.7 Å². The summed E-state index contributed by atoms with van der Waals surface area (Å²) >= 11 is 0. The highest BCUT2D eigenvalue weighted by Crippen LogP contribution is 2.29. The van der Waals surface area contributed by atoms with Crippen molar-refractivity contribution in [2.45, 2.75) is 26.5 Å². The van der Waals surface area contributed by atoms with Crippen molar-refractivity contribution in [3.05, 3.63) is 97.1 Å². The second kappa shape index (κ2) is 12.0. The van der Waals surface area contributed by atoms with Gasteiger partial charge in [-0.25, -0.2) is 16.8 Å². The minimum Gasteiger partial charge on any atom is -0.508 e. The molecule has 0 spiro atoms. The summed E-state index contributed by atoms with van der Waals surface area (Å²) < 4.78 is 68.3. The number of nitrogens with zero attached hydrogens (tertiary/aromatic N) is 3. The molecule has 12 nitrogen and oxygen atoms in total. The van der Waals surface area contributed by atoms with Gasteiger partial charge in [-0.05, 0) is 104 Å². The number of rotatable bonds is 10. The predicted octanol–water partition coefficient (Wildman–Crippen LogP) is 4.93. The Morgan fingerprint density at radius 2 is 0.814 bits per heavy atom. The van der Waals surface area contributed by atoms with Crippen LogP contribution in [-0.2, 0) is 19.7 Å². The van der Waals surface area contributed by atoms with Crippen molar-refractivity contribution in [3.63, 3.8) is 0 Å². The number of aromatic nitrogens is 3. The van der Waals surface area contributed by atoms with E-state index in [1.807, 2.05) is 0 Å². The minimum atomic E-state index is -3.83. The topological polar surface area (TPSA) is 175 Å². The van der Waals surface area contributed by atoms with Crippen LogP contribution in [0.25, 0.3) is 0 Å². The molecule has 14 heteroatoms. The summed E-state index contributed by atoms with van der Waals surface area (Å²) in [5.74, 6) is 0.330. The summed E-state index contributed by atoms with van der Waals surface area (Å²) in [5, 5.41) is 18.9. The van der Waals surface area contributed by atoms with Crippen LogP contribution in [0.3, 0.4) is 0 Å². The van der Waals surface area contributed by atoms with E-state index in [0.29, 0.717) is 0 Å². The van der Waals surface area contributed by atoms with Crippen molar-refractivity contribution in [2.75, 3.05) is 6.61 Å². The monoisotopic (exact) mass is 621 g/mol. The van der Waals surface area contributed by atoms with Crippen molar-refractivity contribution in [2.24, 2.45) is 0 Å². The summed E-state index contributed by atoms with van der Waals surface area (Å²) in [7, 11) is -7.65. The second-order valence-electron chi connectivity index (χ2n) is 8.76. The highest BCUT2D eigenvalue weighted by Gasteiger charge is 2.20. The molecule has 5 rings (SSSR count). The number of sulfone groups is 2. The zero-order chi connectivity index (χ0) is 30.6. The molecular formula is C29H23N3O9S2. The van der Waals surface area contributed by atoms with Gasteiger partial charge in [-0.15, -0.1) is 15.0 Å². The molecule has 0 amide bonds. The summed E-state index contributed by atoms with van der Waals surface area (Å²) in [6, 6.07) is 21.0. The summed E-state index contributed by atoms with van der Waals surface area (Å²) in [6.07, 6.45) is 0. The largest absolute Gasteiger partial charge is 0.508 e. The highest BCUT2D eigenvalue weighted by molar-refractivity contribution is 7.91. The fourth-order valence-electron chi connectivity index (χ4n) is 3.71. The van der Waals surface area contributed by atoms with Gasteiger partial charge in [0.05, 0.1) is 26.2 Å². The number of benzene rings is 4. The molecule has 4 aromatic carbocycles. The highest BCUT2D eigenvalue weighted by atomic mass is 32.2. The first-order chi connectivity index (χ1) is 20.5. The zero-order valence-electron chi connectivity index (χ0n) is 22.4. The van der Waals surface area contributed by atoms with Crippen LogP contribution in [-0.4, -0.2) is 48.6 Å². The number of hydrogen-bond acceptors (Lipinski definition) is 12. The Bertz CT molecular complexity index is 1810. The molecule has 0 atom stereocenters. The minimum absolute atomic E-state index is 0.0103. The molecule has 5 aromatic rings. The molecule has 0 unspecified atom stereocenters. The molecule has 1 heterocycles. The van der Waals surface area contributed by atoms with E-state index in [4.69, 9.17) is 14.2 Å². The predicted molar refractivity (Wildman–Crippen MR) is 151 cm³/mol. The Kier molecular flexibility index (Phi) is 8.14. The van der Waals surface area contributed by atoms with E-state index in [0.717, 1.165) is 0 Å². The maximum atomic E-state index is 12.9. The third-order valence-electron chi connectivity index (χ3n) is 5.83. The lowest BCUT2D eigenvalue weighted by atomic mass is 10.3. The van der Waals surface area contributed by atoms with Gasteiger partial charge in [-0.3, -0.25) is 0 Å². The molecule has 0 bridgehead atoms. The standard InChI is InChI=1S/C29H23N3O9S2/c1-2-39-27-30-28(40-21-7-15-25(16-8-21)42(35,36)23-11-3-19(33)4-12-23)32-29(31-27)41-22-9-17-26(18-10-22)43(37,38)24-13-5-20(34)6-14-24/h3-18,33-34H,2H2,1H3. The SMILES string of the molecule is CCOc1nc(Oc2ccc(S(=O)(=O)c3ccc(O)cc3)cc2)nc(Oc2ccc(S(=O)(=O)c3ccc(O)cc3)cc2)n1. The van der Waals surface area contributed by atoms with Gasteiger partial charge in [0.2, 0.25) is 19.7 Å². The molecule has 0 aliphatic carbocycles. The Morgan fingerprint density at radius 1 is 0.512 bits per heavy atom. The van der Waals surface area contributed by atoms with Crippen LogP contribution in [0.15, 0.2) is 117 Å². The maximum Gasteiger partial charge on any atom is 0.331 e. The van der Waals surface area contributed by atoms with Crippen molar-refractivity contribution >= 4 is 19.7 Å². The van der Waals surface area contributed by atoms with Gasteiger partial charge in [0, 0.05) is 0 Å². The van der Waals surface area contributed by atoms with Gasteiger partial charge in [0.1, 0.15) is 23.0 Å². The average Bonchev–Trinajstić information content (AvgIpc) is 2.98. The lowest BCUT2D eigenvalue weighted by Crippen LogP contribution is -2.04. The quantitative estimate of drug-likeness (QED) is 0.215. The molecule has 0 radical (unpaired) electrons. The number of ether oxygens (including phenoxy) is 3. The van der Waals surface area contributed by atoms with E-state index >= 15 is 0 Å². The molecule has 2 N–H and O–H groups in total. The third kappa shape index (κ3) is 6.66. The lowest BCUT2D eigenvalue weighted by molar-refractivity contribution is 0.292. The van der Waals surface area contributed by atoms with Crippen LogP contribution in [0.2, 0.25) is 0 Å². The molecule has 43 heavy (non-hydrogen) atoms. The molecule has 0 saturated heterocycles. The number of aromatic hydroxyl groups is 2. The van der Waals surface area contributed by atoms with Crippen molar-refractivity contribution < 1.29 is 41.3 Å². The van der Waals surface area contributed by atoms with E-state index in [1.54, 1.807) is 6.92 Å². The lowest BCUT2D eigenvalue weighted by Gasteiger charge is -2.10. The normalized spacial score (nSPS) is 11.6. The van der Waals surface area contributed by atoms with E-state index in [9.17, 15) is 27.0 Å². The van der Waals surface area contributed by atoms with Gasteiger partial charge in [-0.2, -0.15) is 0 Å². The molecule has 0 aliphatic heterocycles. The molecule has 0 fully saturated rings. The second-order valence-corrected chi connectivity index (χ2v) is 12.7. The summed E-state index contributed by atoms with van der Waals surface area (Å²) in [5.41, 5.74) is 0. The number of phenolic OH excluding ortho intramolecular Hbond substituents is 2. The first kappa shape index (κ1) is 29.3. The fraction of sp³-hybridized carbons (Fsp3) is 0.0690. The third-order valence-corrected chi connectivity index (χ3v) is 9.40. The first-order valence-electron chi connectivity index (χ1n) is 12.6. The Morgan fingerprint density at radius 3 is 1.14 bits per heavy atom. The molecule has 220 valence electrons. The van der Waals surface area contributed by atoms with Crippen LogP contribution >= 0.6 is 0 Å². The summed E-state index contributed by atoms with van der Waals surface area (Å²) in [6.45, 7) is 1.96. The Hall–Kier alpha value is -5.21. The van der Waals surface area contributed by atoms with Crippen LogP contribution < -0.4 is 14.2 Å². The Balaban J connectivity index is 1.34. The number of hydrogen-bond donors (Lipinski definition) is 2. The average molecular weight is 622 g/mol. The van der Waals surface area contributed by atoms with Gasteiger partial charge >= 0.3 is 18.0 Å². The van der Waals surface area contributed by atoms with Gasteiger partial charge in [-0.1, -0.05) is 0 Å². The zero-order valence-corrected chi connectivity index (χ0v) is 24.0. The van der Waals surface area contributed by atoms with E-state index in [2.05, 4.69) is 15.0 Å². The number of phenols is 2. The van der Waals surface area contributed by atoms with Crippen LogP contribution in [0.1, 0.15) is 6.92 Å². The van der Waals surface area contributed by atoms with Crippen molar-refractivity contribution in [3.8, 4) is 41.0 Å². The van der Waals surface area contributed by atoms with Gasteiger partial charge in [0.25, 0.3) is 0 Å². The van der Waals surface area contributed by atoms with Crippen LogP contribution in [0.4, 0.5) is 0 Å². The van der Waals surface area contributed by atoms with E-state index in [1.165, 1.54) is 97.1 Å². The fourth-order valence-corrected chi connectivity index (χ4v) is 6.23. The molecular weight excluding hydrogens is 598 g/mol. The van der Waals surface area contributed by atoms with Gasteiger partial charge < -0.3 is 24.4 Å². The van der Waals surface area contributed by atoms with Crippen LogP contribution in [0.5, 0.6) is 41.0 Å². The Labute approximate surface area is 246 Å². The van der Waals surface area contributed by atoms with Crippen LogP contribution in [0, 0.1) is 0 Å². The van der Waals surface area contributed by atoms with Crippen molar-refractivity contribution in [1.82, 2.24) is 15.0 Å². The summed E-state index contributed by atoms with van der Waals surface area (Å²) in [4.78, 5) is 12.4. The molecule has 1 aromatic heterocycles. The smallest absolute Gasteiger partial charge is 0.331 e. The van der Waals surface area contributed by atoms with Gasteiger partial charge in [0.15, 0.2) is 0 Å². The van der Waals surface area contributed by atoms with E-state index in [-0.39, 0.29) is 67.2 Å². The first-order valence-corrected chi connectivity index (χ1v) is 15.5. The molecule has 0 saturated carbocycles. The maximum absolute atomic E-state index is 12.9. The molecule has 0 aliphatic rings.